The smallest absolute Gasteiger partial charge is 0.251 e. The molecule has 1 amide bonds. The number of nitriles is 1. The molecule has 0 heterocycles. The van der Waals surface area contributed by atoms with Crippen LogP contribution < -0.4 is 11.1 Å². The molecule has 0 aliphatic heterocycles. The van der Waals surface area contributed by atoms with Gasteiger partial charge in [0.2, 0.25) is 0 Å². The van der Waals surface area contributed by atoms with Crippen LogP contribution in [0.15, 0.2) is 48.5 Å². The van der Waals surface area contributed by atoms with Gasteiger partial charge in [0.05, 0.1) is 11.6 Å². The molecule has 0 atom stereocenters. The molecule has 0 spiro atoms. The van der Waals surface area contributed by atoms with Crippen molar-refractivity contribution in [3.05, 3.63) is 65.2 Å². The summed E-state index contributed by atoms with van der Waals surface area (Å²) in [5, 5.41) is 11.6. The van der Waals surface area contributed by atoms with Crippen LogP contribution >= 0.6 is 0 Å². The topological polar surface area (TPSA) is 78.9 Å². The average Bonchev–Trinajstić information content (AvgIpc) is 2.49. The van der Waals surface area contributed by atoms with Crippen molar-refractivity contribution in [2.24, 2.45) is 0 Å². The van der Waals surface area contributed by atoms with E-state index in [0.717, 1.165) is 17.7 Å². The van der Waals surface area contributed by atoms with E-state index in [0.29, 0.717) is 17.7 Å². The summed E-state index contributed by atoms with van der Waals surface area (Å²) in [5.41, 5.74) is 8.44. The fraction of sp³-hybridized carbons (Fsp3) is 0.125. The van der Waals surface area contributed by atoms with Gasteiger partial charge in [0.25, 0.3) is 5.91 Å². The van der Waals surface area contributed by atoms with Crippen molar-refractivity contribution in [1.82, 2.24) is 5.32 Å². The highest BCUT2D eigenvalue weighted by molar-refractivity contribution is 5.94. The third kappa shape index (κ3) is 3.59. The molecule has 0 aliphatic rings. The lowest BCUT2D eigenvalue weighted by Gasteiger charge is -2.06. The number of carbonyl (C=O) groups is 1. The molecule has 0 fully saturated rings. The number of anilines is 1. The van der Waals surface area contributed by atoms with Gasteiger partial charge in [0, 0.05) is 17.8 Å². The summed E-state index contributed by atoms with van der Waals surface area (Å²) in [7, 11) is 0. The van der Waals surface area contributed by atoms with E-state index < -0.39 is 0 Å². The summed E-state index contributed by atoms with van der Waals surface area (Å²) in [6, 6.07) is 16.2. The maximum Gasteiger partial charge on any atom is 0.251 e. The highest BCUT2D eigenvalue weighted by Crippen LogP contribution is 2.06. The van der Waals surface area contributed by atoms with Crippen molar-refractivity contribution in [1.29, 1.82) is 5.26 Å². The molecular formula is C16H15N3O. The predicted molar refractivity (Wildman–Crippen MR) is 78.0 cm³/mol. The SMILES string of the molecule is N#Cc1cccc(C(=O)NCCc2ccc(N)cc2)c1. The van der Waals surface area contributed by atoms with Crippen LogP contribution in [0.2, 0.25) is 0 Å². The van der Waals surface area contributed by atoms with E-state index in [1.807, 2.05) is 30.3 Å². The standard InChI is InChI=1S/C16H15N3O/c17-11-13-2-1-3-14(10-13)16(20)19-9-8-12-4-6-15(18)7-5-12/h1-7,10H,8-9,18H2,(H,19,20). The fourth-order valence-corrected chi connectivity index (χ4v) is 1.84. The van der Waals surface area contributed by atoms with Crippen molar-refractivity contribution in [3.8, 4) is 6.07 Å². The molecule has 0 saturated heterocycles. The quantitative estimate of drug-likeness (QED) is 0.831. The van der Waals surface area contributed by atoms with Gasteiger partial charge in [-0.2, -0.15) is 5.26 Å². The van der Waals surface area contributed by atoms with E-state index in [1.54, 1.807) is 24.3 Å². The van der Waals surface area contributed by atoms with Gasteiger partial charge < -0.3 is 11.1 Å². The Morgan fingerprint density at radius 2 is 1.95 bits per heavy atom. The number of carbonyl (C=O) groups excluding carboxylic acids is 1. The lowest BCUT2D eigenvalue weighted by atomic mass is 10.1. The molecular weight excluding hydrogens is 250 g/mol. The molecule has 2 aromatic rings. The Kier molecular flexibility index (Phi) is 4.35. The van der Waals surface area contributed by atoms with Gasteiger partial charge >= 0.3 is 0 Å². The molecule has 3 N–H and O–H groups in total. The lowest BCUT2D eigenvalue weighted by molar-refractivity contribution is 0.0954. The maximum atomic E-state index is 11.9. The van der Waals surface area contributed by atoms with Crippen LogP contribution in [0.5, 0.6) is 0 Å². The van der Waals surface area contributed by atoms with Gasteiger partial charge in [-0.25, -0.2) is 0 Å². The van der Waals surface area contributed by atoms with Crippen molar-refractivity contribution >= 4 is 11.6 Å². The molecule has 2 aromatic carbocycles. The number of hydrogen-bond donors (Lipinski definition) is 2. The predicted octanol–water partition coefficient (Wildman–Crippen LogP) is 2.11. The third-order valence-corrected chi connectivity index (χ3v) is 2.93. The van der Waals surface area contributed by atoms with Gasteiger partial charge in [-0.1, -0.05) is 18.2 Å². The molecule has 0 aliphatic carbocycles. The fourth-order valence-electron chi connectivity index (χ4n) is 1.84. The zero-order chi connectivity index (χ0) is 14.4. The minimum atomic E-state index is -0.169. The summed E-state index contributed by atoms with van der Waals surface area (Å²) < 4.78 is 0. The minimum Gasteiger partial charge on any atom is -0.399 e. The summed E-state index contributed by atoms with van der Waals surface area (Å²) in [6.45, 7) is 0.541. The average molecular weight is 265 g/mol. The van der Waals surface area contributed by atoms with Crippen LogP contribution in [0.4, 0.5) is 5.69 Å². The number of nitrogens with one attached hydrogen (secondary N) is 1. The molecule has 0 aromatic heterocycles. The van der Waals surface area contributed by atoms with E-state index in [2.05, 4.69) is 5.32 Å². The molecule has 0 bridgehead atoms. The van der Waals surface area contributed by atoms with Gasteiger partial charge in [-0.05, 0) is 42.3 Å². The number of nitrogens with zero attached hydrogens (tertiary/aromatic N) is 1. The molecule has 20 heavy (non-hydrogen) atoms. The first kappa shape index (κ1) is 13.6. The number of benzene rings is 2. The van der Waals surface area contributed by atoms with Gasteiger partial charge in [-0.15, -0.1) is 0 Å². The second-order valence-corrected chi connectivity index (χ2v) is 4.44. The summed E-state index contributed by atoms with van der Waals surface area (Å²) in [6.07, 6.45) is 0.740. The Hall–Kier alpha value is -2.80. The molecule has 0 unspecified atom stereocenters. The van der Waals surface area contributed by atoms with Crippen molar-refractivity contribution < 1.29 is 4.79 Å². The lowest BCUT2D eigenvalue weighted by Crippen LogP contribution is -2.25. The van der Waals surface area contributed by atoms with Crippen LogP contribution in [0.3, 0.4) is 0 Å². The number of nitrogens with two attached hydrogens (primary N) is 1. The number of hydrogen-bond acceptors (Lipinski definition) is 3. The Bertz CT molecular complexity index is 642. The van der Waals surface area contributed by atoms with Crippen molar-refractivity contribution in [2.45, 2.75) is 6.42 Å². The Morgan fingerprint density at radius 1 is 1.20 bits per heavy atom. The third-order valence-electron chi connectivity index (χ3n) is 2.93. The number of amides is 1. The van der Waals surface area contributed by atoms with Crippen molar-refractivity contribution in [2.75, 3.05) is 12.3 Å². The van der Waals surface area contributed by atoms with Gasteiger partial charge in [0.15, 0.2) is 0 Å². The second-order valence-electron chi connectivity index (χ2n) is 4.44. The van der Waals surface area contributed by atoms with Crippen LogP contribution in [0, 0.1) is 11.3 Å². The first-order chi connectivity index (χ1) is 9.69. The van der Waals surface area contributed by atoms with Crippen LogP contribution in [-0.2, 0) is 6.42 Å². The van der Waals surface area contributed by atoms with Crippen LogP contribution in [0.1, 0.15) is 21.5 Å². The van der Waals surface area contributed by atoms with E-state index in [-0.39, 0.29) is 5.91 Å². The monoisotopic (exact) mass is 265 g/mol. The number of rotatable bonds is 4. The summed E-state index contributed by atoms with van der Waals surface area (Å²) in [4.78, 5) is 11.9. The van der Waals surface area contributed by atoms with E-state index in [9.17, 15) is 4.79 Å². The number of nitrogen functional groups attached to an aromatic ring is 1. The molecule has 2 rings (SSSR count). The normalized spacial score (nSPS) is 9.75. The minimum absolute atomic E-state index is 0.169. The van der Waals surface area contributed by atoms with Gasteiger partial charge in [-0.3, -0.25) is 4.79 Å². The zero-order valence-corrected chi connectivity index (χ0v) is 11.0. The largest absolute Gasteiger partial charge is 0.399 e. The summed E-state index contributed by atoms with van der Waals surface area (Å²) >= 11 is 0. The van der Waals surface area contributed by atoms with E-state index >= 15 is 0 Å². The molecule has 0 saturated carbocycles. The molecule has 0 radical (unpaired) electrons. The zero-order valence-electron chi connectivity index (χ0n) is 11.0. The second kappa shape index (κ2) is 6.39. The summed E-state index contributed by atoms with van der Waals surface area (Å²) in [5.74, 6) is -0.169. The first-order valence-electron chi connectivity index (χ1n) is 6.32. The van der Waals surface area contributed by atoms with Gasteiger partial charge in [0.1, 0.15) is 0 Å². The highest BCUT2D eigenvalue weighted by Gasteiger charge is 2.05. The van der Waals surface area contributed by atoms with Crippen molar-refractivity contribution in [3.63, 3.8) is 0 Å². The van der Waals surface area contributed by atoms with E-state index in [1.165, 1.54) is 0 Å². The molecule has 100 valence electrons. The Morgan fingerprint density at radius 3 is 2.65 bits per heavy atom. The first-order valence-corrected chi connectivity index (χ1v) is 6.32. The Balaban J connectivity index is 1.89. The molecule has 4 heteroatoms. The van der Waals surface area contributed by atoms with Crippen LogP contribution in [-0.4, -0.2) is 12.5 Å². The van der Waals surface area contributed by atoms with E-state index in [4.69, 9.17) is 11.0 Å². The van der Waals surface area contributed by atoms with Crippen LogP contribution in [0.25, 0.3) is 0 Å². The molecule has 4 nitrogen and oxygen atoms in total. The maximum absolute atomic E-state index is 11.9. The Labute approximate surface area is 117 Å². The highest BCUT2D eigenvalue weighted by atomic mass is 16.1.